The van der Waals surface area contributed by atoms with Gasteiger partial charge in [-0.05, 0) is 38.4 Å². The summed E-state index contributed by atoms with van der Waals surface area (Å²) in [7, 11) is 0. The van der Waals surface area contributed by atoms with Gasteiger partial charge in [0.1, 0.15) is 0 Å². The van der Waals surface area contributed by atoms with Gasteiger partial charge in [0.05, 0.1) is 11.6 Å². The fraction of sp³-hybridized carbons (Fsp3) is 0.474. The zero-order valence-electron chi connectivity index (χ0n) is 14.1. The number of likely N-dealkylation sites (tertiary alicyclic amines) is 1. The highest BCUT2D eigenvalue weighted by Gasteiger charge is 2.42. The molecule has 5 heteroatoms. The summed E-state index contributed by atoms with van der Waals surface area (Å²) in [5.74, 6) is -1.09. The van der Waals surface area contributed by atoms with Gasteiger partial charge in [-0.1, -0.05) is 36.8 Å². The fourth-order valence-corrected chi connectivity index (χ4v) is 3.66. The molecule has 1 aromatic rings. The van der Waals surface area contributed by atoms with E-state index in [1.807, 2.05) is 30.3 Å². The first kappa shape index (κ1) is 16.7. The van der Waals surface area contributed by atoms with E-state index >= 15 is 0 Å². The van der Waals surface area contributed by atoms with Crippen molar-refractivity contribution in [2.45, 2.75) is 32.2 Å². The highest BCUT2D eigenvalue weighted by Crippen LogP contribution is 2.37. The predicted molar refractivity (Wildman–Crippen MR) is 91.5 cm³/mol. The van der Waals surface area contributed by atoms with Crippen molar-refractivity contribution >= 4 is 11.7 Å². The Bertz CT molecular complexity index is 648. The van der Waals surface area contributed by atoms with E-state index in [9.17, 15) is 14.7 Å². The number of nitrogens with zero attached hydrogens (tertiary/aromatic N) is 2. The summed E-state index contributed by atoms with van der Waals surface area (Å²) in [5.41, 5.74) is 1.07. The maximum Gasteiger partial charge on any atom is 0.290 e. The van der Waals surface area contributed by atoms with Crippen LogP contribution in [0.5, 0.6) is 0 Å². The summed E-state index contributed by atoms with van der Waals surface area (Å²) in [6.45, 7) is 4.80. The van der Waals surface area contributed by atoms with E-state index in [2.05, 4.69) is 4.90 Å². The van der Waals surface area contributed by atoms with Crippen LogP contribution in [0.2, 0.25) is 0 Å². The Morgan fingerprint density at radius 2 is 1.79 bits per heavy atom. The number of Topliss-reactive ketones (excluding diaryl/α,β-unsaturated/α-hetero) is 1. The minimum Gasteiger partial charge on any atom is -0.503 e. The number of hydrogen-bond acceptors (Lipinski definition) is 4. The number of carbonyl (C=O) groups is 2. The second-order valence-corrected chi connectivity index (χ2v) is 6.53. The first-order valence-corrected chi connectivity index (χ1v) is 8.62. The van der Waals surface area contributed by atoms with Crippen LogP contribution < -0.4 is 0 Å². The van der Waals surface area contributed by atoms with Crippen LogP contribution in [0.25, 0.3) is 0 Å². The molecule has 128 valence electrons. The third-order valence-corrected chi connectivity index (χ3v) is 4.90. The average Bonchev–Trinajstić information content (AvgIpc) is 2.86. The van der Waals surface area contributed by atoms with E-state index < -0.39 is 17.7 Å². The van der Waals surface area contributed by atoms with Gasteiger partial charge < -0.3 is 14.9 Å². The lowest BCUT2D eigenvalue weighted by Crippen LogP contribution is -2.40. The van der Waals surface area contributed by atoms with Crippen LogP contribution in [-0.2, 0) is 9.59 Å². The number of benzene rings is 1. The molecule has 0 aliphatic carbocycles. The summed E-state index contributed by atoms with van der Waals surface area (Å²) in [5, 5.41) is 10.2. The molecule has 2 heterocycles. The van der Waals surface area contributed by atoms with Gasteiger partial charge in [-0.15, -0.1) is 0 Å². The number of ketones is 1. The molecule has 1 aromatic carbocycles. The van der Waals surface area contributed by atoms with Crippen LogP contribution in [0.15, 0.2) is 41.7 Å². The van der Waals surface area contributed by atoms with E-state index in [0.29, 0.717) is 6.54 Å². The van der Waals surface area contributed by atoms with Crippen molar-refractivity contribution in [3.05, 3.63) is 47.2 Å². The van der Waals surface area contributed by atoms with Crippen molar-refractivity contribution in [1.82, 2.24) is 9.80 Å². The molecule has 0 spiro atoms. The normalized spacial score (nSPS) is 22.3. The molecular weight excluding hydrogens is 304 g/mol. The smallest absolute Gasteiger partial charge is 0.290 e. The Balaban J connectivity index is 1.83. The molecule has 3 rings (SSSR count). The zero-order chi connectivity index (χ0) is 17.1. The molecular formula is C19H24N2O3. The highest BCUT2D eigenvalue weighted by molar-refractivity contribution is 6.08. The Kier molecular flexibility index (Phi) is 5.00. The molecule has 1 saturated heterocycles. The lowest BCUT2D eigenvalue weighted by molar-refractivity contribution is -0.129. The van der Waals surface area contributed by atoms with Gasteiger partial charge >= 0.3 is 0 Å². The summed E-state index contributed by atoms with van der Waals surface area (Å²) in [4.78, 5) is 28.5. The third kappa shape index (κ3) is 3.22. The standard InChI is InChI=1S/C19H24N2O3/c1-14(22)16-17(15-8-4-2-5-9-15)21(19(24)18(16)23)13-12-20-10-6-3-7-11-20/h2,4-5,8-9,17,23H,3,6-7,10-13H2,1H3. The summed E-state index contributed by atoms with van der Waals surface area (Å²) in [6.07, 6.45) is 3.65. The van der Waals surface area contributed by atoms with E-state index in [-0.39, 0.29) is 11.4 Å². The first-order valence-electron chi connectivity index (χ1n) is 8.62. The Hall–Kier alpha value is -2.14. The molecule has 5 nitrogen and oxygen atoms in total. The van der Waals surface area contributed by atoms with Crippen LogP contribution >= 0.6 is 0 Å². The third-order valence-electron chi connectivity index (χ3n) is 4.90. The molecule has 2 aliphatic rings. The van der Waals surface area contributed by atoms with Gasteiger partial charge in [-0.2, -0.15) is 0 Å². The molecule has 1 fully saturated rings. The van der Waals surface area contributed by atoms with E-state index in [0.717, 1.165) is 25.2 Å². The van der Waals surface area contributed by atoms with Gasteiger partial charge in [0, 0.05) is 13.1 Å². The summed E-state index contributed by atoms with van der Waals surface area (Å²) < 4.78 is 0. The van der Waals surface area contributed by atoms with Crippen molar-refractivity contribution in [2.24, 2.45) is 0 Å². The SMILES string of the molecule is CC(=O)C1=C(O)C(=O)N(CCN2CCCCC2)C1c1ccccc1. The van der Waals surface area contributed by atoms with Gasteiger partial charge in [0.25, 0.3) is 5.91 Å². The number of piperidine rings is 1. The Labute approximate surface area is 142 Å². The molecule has 0 saturated carbocycles. The van der Waals surface area contributed by atoms with Gasteiger partial charge in [-0.3, -0.25) is 9.59 Å². The monoisotopic (exact) mass is 328 g/mol. The molecule has 2 aliphatic heterocycles. The Morgan fingerprint density at radius 1 is 1.12 bits per heavy atom. The van der Waals surface area contributed by atoms with Crippen LogP contribution in [0.3, 0.4) is 0 Å². The van der Waals surface area contributed by atoms with E-state index in [1.165, 1.54) is 26.2 Å². The molecule has 24 heavy (non-hydrogen) atoms. The molecule has 1 N–H and O–H groups in total. The lowest BCUT2D eigenvalue weighted by Gasteiger charge is -2.31. The second kappa shape index (κ2) is 7.18. The number of carbonyl (C=O) groups excluding carboxylic acids is 2. The fourth-order valence-electron chi connectivity index (χ4n) is 3.66. The number of amides is 1. The van der Waals surface area contributed by atoms with Gasteiger partial charge in [0.2, 0.25) is 0 Å². The molecule has 1 unspecified atom stereocenters. The number of aliphatic hydroxyl groups is 1. The highest BCUT2D eigenvalue weighted by atomic mass is 16.3. The number of hydrogen-bond donors (Lipinski definition) is 1. The van der Waals surface area contributed by atoms with Gasteiger partial charge in [0.15, 0.2) is 11.5 Å². The quantitative estimate of drug-likeness (QED) is 0.902. The minimum absolute atomic E-state index is 0.213. The van der Waals surface area contributed by atoms with Crippen molar-refractivity contribution in [1.29, 1.82) is 0 Å². The van der Waals surface area contributed by atoms with Crippen LogP contribution in [0, 0.1) is 0 Å². The molecule has 0 bridgehead atoms. The lowest BCUT2D eigenvalue weighted by atomic mass is 9.97. The molecule has 0 aromatic heterocycles. The topological polar surface area (TPSA) is 60.9 Å². The van der Waals surface area contributed by atoms with Crippen molar-refractivity contribution < 1.29 is 14.7 Å². The number of rotatable bonds is 5. The average molecular weight is 328 g/mol. The largest absolute Gasteiger partial charge is 0.503 e. The molecule has 0 radical (unpaired) electrons. The second-order valence-electron chi connectivity index (χ2n) is 6.53. The first-order chi connectivity index (χ1) is 11.6. The van der Waals surface area contributed by atoms with Crippen molar-refractivity contribution in [2.75, 3.05) is 26.2 Å². The van der Waals surface area contributed by atoms with Crippen LogP contribution in [-0.4, -0.2) is 52.8 Å². The Morgan fingerprint density at radius 3 is 2.42 bits per heavy atom. The zero-order valence-corrected chi connectivity index (χ0v) is 14.1. The van der Waals surface area contributed by atoms with E-state index in [1.54, 1.807) is 4.90 Å². The summed E-state index contributed by atoms with van der Waals surface area (Å²) >= 11 is 0. The van der Waals surface area contributed by atoms with Crippen LogP contribution in [0.1, 0.15) is 37.8 Å². The predicted octanol–water partition coefficient (Wildman–Crippen LogP) is 2.46. The van der Waals surface area contributed by atoms with Gasteiger partial charge in [-0.25, -0.2) is 0 Å². The van der Waals surface area contributed by atoms with E-state index in [4.69, 9.17) is 0 Å². The molecule has 1 amide bonds. The number of aliphatic hydroxyl groups excluding tert-OH is 1. The maximum atomic E-state index is 12.5. The van der Waals surface area contributed by atoms with Crippen LogP contribution in [0.4, 0.5) is 0 Å². The summed E-state index contributed by atoms with van der Waals surface area (Å²) in [6, 6.07) is 8.97. The minimum atomic E-state index is -0.485. The molecule has 1 atom stereocenters. The van der Waals surface area contributed by atoms with Crippen molar-refractivity contribution in [3.8, 4) is 0 Å². The maximum absolute atomic E-state index is 12.5. The van der Waals surface area contributed by atoms with Crippen molar-refractivity contribution in [3.63, 3.8) is 0 Å².